The molecule has 0 aromatic heterocycles. The molecule has 0 amide bonds. The van der Waals surface area contributed by atoms with E-state index in [0.717, 1.165) is 231 Å². The smallest absolute Gasteiger partial charge is 0.0654 e. The average molecular weight is 1810 g/mol. The van der Waals surface area contributed by atoms with Crippen molar-refractivity contribution in [1.82, 2.24) is 0 Å². The molecule has 0 aliphatic heterocycles. The Kier molecular flexibility index (Phi) is 87.0. The van der Waals surface area contributed by atoms with Crippen LogP contribution in [0.5, 0.6) is 0 Å². The molecule has 0 aliphatic carbocycles. The average Bonchev–Trinajstić information content (AvgIpc) is 0.764. The minimum atomic E-state index is -7.03. The van der Waals surface area contributed by atoms with Crippen LogP contribution in [-0.2, 0) is 31.5 Å². The second-order valence-electron chi connectivity index (χ2n) is 40.2. The van der Waals surface area contributed by atoms with Crippen molar-refractivity contribution >= 4 is 43.9 Å². The standard InChI is InChI=1S/4C28H56O2.Sn/c4*1-4-7-10-13-16-17-20-23-26-28(27(29)30,24-21-18-14-11-8-5-2)25-22-19-15-12-9-6-3;/h4*4-26H2,1-3H3,(H,29,30);/q;;;;+4/p-4. The van der Waals surface area contributed by atoms with E-state index in [9.17, 15) is 0 Å². The van der Waals surface area contributed by atoms with E-state index in [1.54, 1.807) is 0 Å². The molecule has 0 aromatic rings. The molecule has 0 saturated carbocycles. The van der Waals surface area contributed by atoms with E-state index < -0.39 is 41.7 Å². The number of unbranched alkanes of at least 4 members (excludes halogenated alkanes) is 68. The van der Waals surface area contributed by atoms with Crippen LogP contribution in [0, 0.1) is 21.7 Å². The Hall–Kier alpha value is -1.32. The molecular formula is C112H220O8Sn. The predicted molar refractivity (Wildman–Crippen MR) is 533 cm³/mol. The van der Waals surface area contributed by atoms with Crippen molar-refractivity contribution in [3.63, 3.8) is 0 Å². The van der Waals surface area contributed by atoms with E-state index in [0.29, 0.717) is 77.0 Å². The predicted octanol–water partition coefficient (Wildman–Crippen LogP) is 39.7. The summed E-state index contributed by atoms with van der Waals surface area (Å²) in [6, 6.07) is 0. The molecule has 720 valence electrons. The number of hydrogen-bond donors (Lipinski definition) is 0. The first-order chi connectivity index (χ1) is 59.2. The number of carbonyl (C=O) groups excluding carboxylic acids is 4. The summed E-state index contributed by atoms with van der Waals surface area (Å²) in [6.45, 7) is 27.6. The van der Waals surface area contributed by atoms with E-state index >= 15 is 19.2 Å². The Bertz CT molecular complexity index is 1830. The van der Waals surface area contributed by atoms with Crippen LogP contribution in [0.3, 0.4) is 0 Å². The molecule has 9 heteroatoms. The molecule has 0 saturated heterocycles. The van der Waals surface area contributed by atoms with E-state index in [2.05, 4.69) is 83.1 Å². The second kappa shape index (κ2) is 88.0. The summed E-state index contributed by atoms with van der Waals surface area (Å²) in [6.07, 6.45) is 97.9. The minimum Gasteiger partial charge on any atom is -0.0654 e. The van der Waals surface area contributed by atoms with Crippen LogP contribution in [-0.4, -0.2) is 43.9 Å². The second-order valence-corrected chi connectivity index (χ2v) is 45.4. The zero-order valence-corrected chi connectivity index (χ0v) is 87.7. The summed E-state index contributed by atoms with van der Waals surface area (Å²) in [5.41, 5.74) is -3.81. The zero-order valence-electron chi connectivity index (χ0n) is 84.8. The molecule has 121 heavy (non-hydrogen) atoms. The summed E-state index contributed by atoms with van der Waals surface area (Å²) in [5, 5.41) is 0. The molecule has 0 rings (SSSR count). The molecule has 0 spiro atoms. The van der Waals surface area contributed by atoms with Gasteiger partial charge in [0.1, 0.15) is 0 Å². The van der Waals surface area contributed by atoms with Gasteiger partial charge in [0.2, 0.25) is 0 Å². The van der Waals surface area contributed by atoms with Gasteiger partial charge in [-0.1, -0.05) is 27.7 Å². The van der Waals surface area contributed by atoms with Gasteiger partial charge in [0.05, 0.1) is 0 Å². The summed E-state index contributed by atoms with van der Waals surface area (Å²) >= 11 is -7.03. The zero-order chi connectivity index (χ0) is 88.7. The maximum atomic E-state index is 17.8. The van der Waals surface area contributed by atoms with Gasteiger partial charge in [0.25, 0.3) is 0 Å². The third-order valence-corrected chi connectivity index (χ3v) is 33.7. The quantitative estimate of drug-likeness (QED) is 0.0438. The Morgan fingerprint density at radius 2 is 0.207 bits per heavy atom. The summed E-state index contributed by atoms with van der Waals surface area (Å²) in [5.74, 6) is -1.54. The number of hydrogen-bond acceptors (Lipinski definition) is 8. The maximum absolute atomic E-state index is 17.8. The molecule has 0 radical (unpaired) electrons. The third-order valence-electron chi connectivity index (χ3n) is 28.7. The van der Waals surface area contributed by atoms with Crippen molar-refractivity contribution in [3.05, 3.63) is 0 Å². The monoisotopic (exact) mass is 1810 g/mol. The SMILES string of the molecule is CCCCCCCCCCC(CCCCCCCC)(CCCCCCCC)C(=O)[O][Sn]([O]C(=O)C(CCCCCCCC)(CCCCCCCC)CCCCCCCCCC)([O]C(=O)C(CCCCCCCC)(CCCCCCCC)CCCCCCCCCC)[O]C(=O)C(CCCCCCCC)(CCCCCCCC)CCCCCCCCCC. The van der Waals surface area contributed by atoms with Gasteiger partial charge in [-0.2, -0.15) is 0 Å². The first-order valence-electron chi connectivity index (χ1n) is 56.2. The minimum absolute atomic E-state index is 0.386. The molecular weight excluding hydrogens is 1590 g/mol. The van der Waals surface area contributed by atoms with E-state index in [1.165, 1.54) is 283 Å². The van der Waals surface area contributed by atoms with Crippen molar-refractivity contribution < 1.29 is 31.5 Å². The Morgan fingerprint density at radius 1 is 0.132 bits per heavy atom. The van der Waals surface area contributed by atoms with Gasteiger partial charge < -0.3 is 0 Å². The van der Waals surface area contributed by atoms with Crippen LogP contribution in [0.4, 0.5) is 0 Å². The van der Waals surface area contributed by atoms with Gasteiger partial charge >= 0.3 is 743 Å². The molecule has 0 unspecified atom stereocenters. The van der Waals surface area contributed by atoms with Gasteiger partial charge in [-0.15, -0.1) is 0 Å². The first kappa shape index (κ1) is 120. The van der Waals surface area contributed by atoms with Gasteiger partial charge in [-0.3, -0.25) is 0 Å². The third kappa shape index (κ3) is 64.2. The van der Waals surface area contributed by atoms with E-state index in [1.807, 2.05) is 0 Å². The Morgan fingerprint density at radius 3 is 0.289 bits per heavy atom. The van der Waals surface area contributed by atoms with Crippen molar-refractivity contribution in [2.75, 3.05) is 0 Å². The molecule has 0 bridgehead atoms. The summed E-state index contributed by atoms with van der Waals surface area (Å²) in [4.78, 5) is 71.2. The topological polar surface area (TPSA) is 105 Å². The van der Waals surface area contributed by atoms with Gasteiger partial charge in [-0.05, 0) is 0 Å². The molecule has 0 fully saturated rings. The summed E-state index contributed by atoms with van der Waals surface area (Å²) in [7, 11) is 0. The van der Waals surface area contributed by atoms with Crippen molar-refractivity contribution in [3.8, 4) is 0 Å². The normalized spacial score (nSPS) is 12.3. The van der Waals surface area contributed by atoms with Gasteiger partial charge in [0, 0.05) is 0 Å². The fourth-order valence-corrected chi connectivity index (χ4v) is 25.9. The van der Waals surface area contributed by atoms with Crippen LogP contribution in [0.1, 0.15) is 674 Å². The summed E-state index contributed by atoms with van der Waals surface area (Å²) < 4.78 is 31.8. The first-order valence-corrected chi connectivity index (χ1v) is 60.8. The fraction of sp³-hybridized carbons (Fsp3) is 0.964. The van der Waals surface area contributed by atoms with Crippen molar-refractivity contribution in [2.45, 2.75) is 674 Å². The molecule has 0 N–H and O–H groups in total. The van der Waals surface area contributed by atoms with Crippen molar-refractivity contribution in [2.24, 2.45) is 21.7 Å². The molecule has 0 atom stereocenters. The van der Waals surface area contributed by atoms with Crippen LogP contribution in [0.15, 0.2) is 0 Å². The van der Waals surface area contributed by atoms with Crippen LogP contribution in [0.2, 0.25) is 0 Å². The molecule has 0 heterocycles. The van der Waals surface area contributed by atoms with Gasteiger partial charge in [-0.25, -0.2) is 0 Å². The van der Waals surface area contributed by atoms with Crippen LogP contribution < -0.4 is 0 Å². The van der Waals surface area contributed by atoms with Crippen molar-refractivity contribution in [1.29, 1.82) is 0 Å². The Balaban J connectivity index is 10.5. The van der Waals surface area contributed by atoms with Crippen LogP contribution in [0.25, 0.3) is 0 Å². The molecule has 0 aromatic carbocycles. The number of rotatable bonds is 100. The fourth-order valence-electron chi connectivity index (χ4n) is 20.1. The number of carbonyl (C=O) groups is 4. The molecule has 8 nitrogen and oxygen atoms in total. The van der Waals surface area contributed by atoms with Crippen LogP contribution >= 0.6 is 0 Å². The van der Waals surface area contributed by atoms with Gasteiger partial charge in [0.15, 0.2) is 0 Å². The molecule has 0 aliphatic rings. The van der Waals surface area contributed by atoms with E-state index in [-0.39, 0.29) is 23.9 Å². The Labute approximate surface area is 765 Å². The van der Waals surface area contributed by atoms with E-state index in [4.69, 9.17) is 12.3 Å².